The van der Waals surface area contributed by atoms with Crippen LogP contribution in [0.5, 0.6) is 5.75 Å². The number of ether oxygens (including phenoxy) is 1. The van der Waals surface area contributed by atoms with E-state index in [0.717, 1.165) is 5.56 Å². The summed E-state index contributed by atoms with van der Waals surface area (Å²) in [6, 6.07) is 6.43. The molecule has 104 valence electrons. The minimum absolute atomic E-state index is 0.307. The summed E-state index contributed by atoms with van der Waals surface area (Å²) in [6.07, 6.45) is 3.25. The van der Waals surface area contributed by atoms with Crippen molar-refractivity contribution < 1.29 is 14.8 Å². The molecule has 2 aromatic rings. The molecular formula is C13H15BN2O4. The Balaban J connectivity index is 1.92. The predicted molar refractivity (Wildman–Crippen MR) is 75.0 cm³/mol. The summed E-state index contributed by atoms with van der Waals surface area (Å²) in [5.74, 6) is 0.600. The predicted octanol–water partition coefficient (Wildman–Crippen LogP) is -0.689. The minimum atomic E-state index is -1.49. The van der Waals surface area contributed by atoms with Crippen molar-refractivity contribution in [3.63, 3.8) is 0 Å². The van der Waals surface area contributed by atoms with Gasteiger partial charge in [0, 0.05) is 12.4 Å². The Bertz CT molecular complexity index is 625. The zero-order chi connectivity index (χ0) is 14.5. The third-order valence-electron chi connectivity index (χ3n) is 2.76. The average Bonchev–Trinajstić information content (AvgIpc) is 2.43. The number of aromatic nitrogens is 2. The van der Waals surface area contributed by atoms with Crippen molar-refractivity contribution in [2.75, 3.05) is 6.61 Å². The van der Waals surface area contributed by atoms with E-state index in [9.17, 15) is 4.79 Å². The van der Waals surface area contributed by atoms with Gasteiger partial charge in [0.15, 0.2) is 0 Å². The van der Waals surface area contributed by atoms with Crippen molar-refractivity contribution in [2.45, 2.75) is 13.5 Å². The molecular weight excluding hydrogens is 259 g/mol. The summed E-state index contributed by atoms with van der Waals surface area (Å²) < 4.78 is 6.98. The van der Waals surface area contributed by atoms with Crippen LogP contribution < -0.4 is 15.9 Å². The Morgan fingerprint density at radius 1 is 1.30 bits per heavy atom. The van der Waals surface area contributed by atoms with Gasteiger partial charge in [-0.25, -0.2) is 9.78 Å². The first-order valence-electron chi connectivity index (χ1n) is 6.18. The maximum absolute atomic E-state index is 11.5. The Morgan fingerprint density at radius 2 is 2.00 bits per heavy atom. The van der Waals surface area contributed by atoms with Gasteiger partial charge in [0.2, 0.25) is 0 Å². The Morgan fingerprint density at radius 3 is 2.65 bits per heavy atom. The molecule has 0 saturated heterocycles. The molecule has 1 heterocycles. The van der Waals surface area contributed by atoms with Crippen LogP contribution in [-0.4, -0.2) is 33.3 Å². The van der Waals surface area contributed by atoms with Crippen LogP contribution in [-0.2, 0) is 6.54 Å². The van der Waals surface area contributed by atoms with Gasteiger partial charge in [-0.2, -0.15) is 0 Å². The van der Waals surface area contributed by atoms with Crippen LogP contribution >= 0.6 is 0 Å². The second kappa shape index (κ2) is 6.36. The highest BCUT2D eigenvalue weighted by Gasteiger charge is 2.09. The maximum Gasteiger partial charge on any atom is 0.488 e. The number of rotatable bonds is 5. The van der Waals surface area contributed by atoms with Crippen LogP contribution in [0.4, 0.5) is 0 Å². The fourth-order valence-electron chi connectivity index (χ4n) is 1.72. The van der Waals surface area contributed by atoms with E-state index in [1.807, 2.05) is 6.92 Å². The molecule has 0 aliphatic heterocycles. The normalized spacial score (nSPS) is 10.3. The standard InChI is InChI=1S/C13H15BN2O4/c1-10-8-15-13(17)16(9-10)6-7-20-12-4-2-11(3-5-12)14(18)19/h2-5,8-9,18-19H,6-7H2,1H3. The van der Waals surface area contributed by atoms with Crippen LogP contribution in [0.25, 0.3) is 0 Å². The van der Waals surface area contributed by atoms with Crippen molar-refractivity contribution in [1.82, 2.24) is 9.55 Å². The molecule has 20 heavy (non-hydrogen) atoms. The fraction of sp³-hybridized carbons (Fsp3) is 0.231. The monoisotopic (exact) mass is 274 g/mol. The molecule has 0 atom stereocenters. The lowest BCUT2D eigenvalue weighted by Gasteiger charge is -2.09. The summed E-state index contributed by atoms with van der Waals surface area (Å²) >= 11 is 0. The summed E-state index contributed by atoms with van der Waals surface area (Å²) in [6.45, 7) is 2.59. The second-order valence-electron chi connectivity index (χ2n) is 4.40. The summed E-state index contributed by atoms with van der Waals surface area (Å²) in [5.41, 5.74) is 1.00. The van der Waals surface area contributed by atoms with Gasteiger partial charge >= 0.3 is 12.8 Å². The van der Waals surface area contributed by atoms with Gasteiger partial charge in [0.1, 0.15) is 12.4 Å². The Hall–Kier alpha value is -2.12. The van der Waals surface area contributed by atoms with Gasteiger partial charge < -0.3 is 14.8 Å². The lowest BCUT2D eigenvalue weighted by Crippen LogP contribution is -2.29. The highest BCUT2D eigenvalue weighted by Crippen LogP contribution is 2.07. The minimum Gasteiger partial charge on any atom is -0.492 e. The molecule has 0 unspecified atom stereocenters. The van der Waals surface area contributed by atoms with Gasteiger partial charge in [-0.1, -0.05) is 12.1 Å². The molecule has 0 saturated carbocycles. The molecule has 0 spiro atoms. The van der Waals surface area contributed by atoms with Crippen molar-refractivity contribution in [1.29, 1.82) is 0 Å². The molecule has 1 aromatic heterocycles. The van der Waals surface area contributed by atoms with E-state index >= 15 is 0 Å². The van der Waals surface area contributed by atoms with E-state index in [1.54, 1.807) is 30.5 Å². The first kappa shape index (κ1) is 14.3. The lowest BCUT2D eigenvalue weighted by atomic mass is 9.80. The van der Waals surface area contributed by atoms with Crippen molar-refractivity contribution in [3.05, 3.63) is 52.7 Å². The number of hydrogen-bond acceptors (Lipinski definition) is 5. The molecule has 2 rings (SSSR count). The Labute approximate surface area is 116 Å². The third kappa shape index (κ3) is 3.69. The van der Waals surface area contributed by atoms with Crippen LogP contribution in [0.15, 0.2) is 41.5 Å². The summed E-state index contributed by atoms with van der Waals surface area (Å²) in [5, 5.41) is 17.9. The van der Waals surface area contributed by atoms with Crippen LogP contribution in [0.2, 0.25) is 0 Å². The van der Waals surface area contributed by atoms with E-state index in [-0.39, 0.29) is 5.69 Å². The summed E-state index contributed by atoms with van der Waals surface area (Å²) in [4.78, 5) is 15.2. The largest absolute Gasteiger partial charge is 0.492 e. The first-order chi connectivity index (χ1) is 9.56. The molecule has 1 aromatic carbocycles. The first-order valence-corrected chi connectivity index (χ1v) is 6.18. The number of aryl methyl sites for hydroxylation is 1. The van der Waals surface area contributed by atoms with Crippen LogP contribution in [0, 0.1) is 6.92 Å². The van der Waals surface area contributed by atoms with Gasteiger partial charge in [-0.15, -0.1) is 0 Å². The molecule has 0 aliphatic carbocycles. The van der Waals surface area contributed by atoms with Gasteiger partial charge in [-0.3, -0.25) is 4.57 Å². The van der Waals surface area contributed by atoms with Crippen molar-refractivity contribution in [2.24, 2.45) is 0 Å². The van der Waals surface area contributed by atoms with Crippen molar-refractivity contribution >= 4 is 12.6 Å². The highest BCUT2D eigenvalue weighted by atomic mass is 16.5. The van der Waals surface area contributed by atoms with E-state index < -0.39 is 7.12 Å². The van der Waals surface area contributed by atoms with Crippen LogP contribution in [0.3, 0.4) is 0 Å². The molecule has 0 amide bonds. The number of hydrogen-bond donors (Lipinski definition) is 2. The SMILES string of the molecule is Cc1cnc(=O)n(CCOc2ccc(B(O)O)cc2)c1. The molecule has 2 N–H and O–H groups in total. The van der Waals surface area contributed by atoms with Crippen molar-refractivity contribution in [3.8, 4) is 5.75 Å². The molecule has 0 aliphatic rings. The topological polar surface area (TPSA) is 84.6 Å². The molecule has 0 bridgehead atoms. The second-order valence-corrected chi connectivity index (χ2v) is 4.40. The smallest absolute Gasteiger partial charge is 0.488 e. The molecule has 0 fully saturated rings. The highest BCUT2D eigenvalue weighted by molar-refractivity contribution is 6.58. The van der Waals surface area contributed by atoms with E-state index in [1.165, 1.54) is 10.8 Å². The number of nitrogens with zero attached hydrogens (tertiary/aromatic N) is 2. The van der Waals surface area contributed by atoms with Gasteiger partial charge in [0.05, 0.1) is 6.54 Å². The zero-order valence-corrected chi connectivity index (χ0v) is 11.1. The molecule has 7 heteroatoms. The quantitative estimate of drug-likeness (QED) is 0.705. The average molecular weight is 274 g/mol. The number of benzene rings is 1. The van der Waals surface area contributed by atoms with E-state index in [0.29, 0.717) is 24.4 Å². The van der Waals surface area contributed by atoms with E-state index in [2.05, 4.69) is 4.98 Å². The van der Waals surface area contributed by atoms with E-state index in [4.69, 9.17) is 14.8 Å². The fourth-order valence-corrected chi connectivity index (χ4v) is 1.72. The van der Waals surface area contributed by atoms with Gasteiger partial charge in [0.25, 0.3) is 0 Å². The van der Waals surface area contributed by atoms with Gasteiger partial charge in [-0.05, 0) is 30.1 Å². The maximum atomic E-state index is 11.5. The lowest BCUT2D eigenvalue weighted by molar-refractivity contribution is 0.295. The zero-order valence-electron chi connectivity index (χ0n) is 11.1. The molecule has 0 radical (unpaired) electrons. The molecule has 6 nitrogen and oxygen atoms in total. The van der Waals surface area contributed by atoms with Crippen LogP contribution in [0.1, 0.15) is 5.56 Å². The Kier molecular flexibility index (Phi) is 4.55. The third-order valence-corrected chi connectivity index (χ3v) is 2.76. The summed E-state index contributed by atoms with van der Waals surface area (Å²) in [7, 11) is -1.49.